The lowest BCUT2D eigenvalue weighted by Crippen LogP contribution is -2.30. The smallest absolute Gasteiger partial charge is 0.355 e. The highest BCUT2D eigenvalue weighted by Crippen LogP contribution is 2.20. The van der Waals surface area contributed by atoms with E-state index in [1.54, 1.807) is 30.0 Å². The molecular formula is C18H20N2O3S. The van der Waals surface area contributed by atoms with Crippen molar-refractivity contribution in [2.75, 3.05) is 13.1 Å². The van der Waals surface area contributed by atoms with Crippen LogP contribution in [0.15, 0.2) is 24.3 Å². The standard InChI is InChI=1S/C18H20N2O3S/c1-4-20(5-2)17(21)14-9-6-13(7-10-14)8-11-15-19-16(18(22)23)12(3)24-15/h6-11H,4-5H2,1-3H3,(H,22,23)/b11-8+. The average Bonchev–Trinajstić information content (AvgIpc) is 2.95. The number of carbonyl (C=O) groups excluding carboxylic acids is 1. The molecule has 0 spiro atoms. The monoisotopic (exact) mass is 344 g/mol. The van der Waals surface area contributed by atoms with Crippen LogP contribution in [0.3, 0.4) is 0 Å². The predicted molar refractivity (Wildman–Crippen MR) is 96.4 cm³/mol. The van der Waals surface area contributed by atoms with E-state index >= 15 is 0 Å². The summed E-state index contributed by atoms with van der Waals surface area (Å²) in [6, 6.07) is 7.34. The van der Waals surface area contributed by atoms with Gasteiger partial charge in [-0.2, -0.15) is 0 Å². The maximum Gasteiger partial charge on any atom is 0.355 e. The third-order valence-corrected chi connectivity index (χ3v) is 4.58. The molecule has 0 aliphatic heterocycles. The van der Waals surface area contributed by atoms with Gasteiger partial charge in [0.15, 0.2) is 5.69 Å². The van der Waals surface area contributed by atoms with Crippen LogP contribution in [0.2, 0.25) is 0 Å². The SMILES string of the molecule is CCN(CC)C(=O)c1ccc(/C=C/c2nc(C(=O)O)c(C)s2)cc1. The van der Waals surface area contributed by atoms with E-state index < -0.39 is 5.97 Å². The molecule has 0 saturated heterocycles. The van der Waals surface area contributed by atoms with Crippen LogP contribution < -0.4 is 0 Å². The molecule has 0 aliphatic rings. The summed E-state index contributed by atoms with van der Waals surface area (Å²) >= 11 is 1.34. The van der Waals surface area contributed by atoms with Crippen LogP contribution >= 0.6 is 11.3 Å². The van der Waals surface area contributed by atoms with Gasteiger partial charge in [-0.3, -0.25) is 4.79 Å². The second-order valence-corrected chi connectivity index (χ2v) is 6.43. The van der Waals surface area contributed by atoms with Crippen LogP contribution in [-0.2, 0) is 0 Å². The molecule has 0 bridgehead atoms. The highest BCUT2D eigenvalue weighted by Gasteiger charge is 2.13. The highest BCUT2D eigenvalue weighted by atomic mass is 32.1. The van der Waals surface area contributed by atoms with E-state index in [9.17, 15) is 9.59 Å². The Morgan fingerprint density at radius 1 is 1.17 bits per heavy atom. The minimum atomic E-state index is -1.01. The largest absolute Gasteiger partial charge is 0.476 e. The van der Waals surface area contributed by atoms with E-state index in [4.69, 9.17) is 5.11 Å². The third kappa shape index (κ3) is 4.08. The van der Waals surface area contributed by atoms with E-state index in [-0.39, 0.29) is 11.6 Å². The minimum absolute atomic E-state index is 0.0252. The summed E-state index contributed by atoms with van der Waals surface area (Å²) in [7, 11) is 0. The molecule has 0 unspecified atom stereocenters. The number of aryl methyl sites for hydroxylation is 1. The average molecular weight is 344 g/mol. The number of hydrogen-bond donors (Lipinski definition) is 1. The number of carboxylic acid groups (broad SMARTS) is 1. The lowest BCUT2D eigenvalue weighted by Gasteiger charge is -2.18. The zero-order chi connectivity index (χ0) is 17.7. The zero-order valence-electron chi connectivity index (χ0n) is 13.9. The highest BCUT2D eigenvalue weighted by molar-refractivity contribution is 7.12. The number of hydrogen-bond acceptors (Lipinski definition) is 4. The van der Waals surface area contributed by atoms with Crippen molar-refractivity contribution in [2.24, 2.45) is 0 Å². The topological polar surface area (TPSA) is 70.5 Å². The summed E-state index contributed by atoms with van der Waals surface area (Å²) in [5, 5.41) is 9.66. The van der Waals surface area contributed by atoms with Crippen molar-refractivity contribution in [3.05, 3.63) is 51.0 Å². The Labute approximate surface area is 145 Å². The van der Waals surface area contributed by atoms with Crippen molar-refractivity contribution in [3.8, 4) is 0 Å². The molecule has 1 aromatic heterocycles. The number of thiazole rings is 1. The quantitative estimate of drug-likeness (QED) is 0.865. The van der Waals surface area contributed by atoms with Crippen molar-refractivity contribution >= 4 is 35.4 Å². The number of carbonyl (C=O) groups is 2. The fraction of sp³-hybridized carbons (Fsp3) is 0.278. The number of nitrogens with zero attached hydrogens (tertiary/aromatic N) is 2. The molecule has 0 saturated carbocycles. The maximum atomic E-state index is 12.2. The van der Waals surface area contributed by atoms with Gasteiger partial charge in [-0.25, -0.2) is 9.78 Å². The van der Waals surface area contributed by atoms with Gasteiger partial charge in [-0.15, -0.1) is 11.3 Å². The molecule has 126 valence electrons. The van der Waals surface area contributed by atoms with Gasteiger partial charge in [-0.1, -0.05) is 18.2 Å². The zero-order valence-corrected chi connectivity index (χ0v) is 14.8. The van der Waals surface area contributed by atoms with Gasteiger partial charge in [0, 0.05) is 23.5 Å². The molecule has 5 nitrogen and oxygen atoms in total. The van der Waals surface area contributed by atoms with Crippen LogP contribution in [0.25, 0.3) is 12.2 Å². The summed E-state index contributed by atoms with van der Waals surface area (Å²) < 4.78 is 0. The van der Waals surface area contributed by atoms with Gasteiger partial charge in [0.05, 0.1) is 0 Å². The molecular weight excluding hydrogens is 324 g/mol. The van der Waals surface area contributed by atoms with Gasteiger partial charge in [-0.05, 0) is 44.5 Å². The summed E-state index contributed by atoms with van der Waals surface area (Å²) in [5.74, 6) is -0.986. The number of carboxylic acids is 1. The molecule has 6 heteroatoms. The van der Waals surface area contributed by atoms with Crippen LogP contribution in [0, 0.1) is 6.92 Å². The van der Waals surface area contributed by atoms with Gasteiger partial charge in [0.25, 0.3) is 5.91 Å². The molecule has 2 rings (SSSR count). The van der Waals surface area contributed by atoms with Crippen molar-refractivity contribution < 1.29 is 14.7 Å². The molecule has 0 fully saturated rings. The first-order chi connectivity index (χ1) is 11.5. The Morgan fingerprint density at radius 3 is 2.29 bits per heavy atom. The molecule has 1 N–H and O–H groups in total. The second kappa shape index (κ2) is 7.88. The number of benzene rings is 1. The molecule has 1 heterocycles. The van der Waals surface area contributed by atoms with Crippen molar-refractivity contribution in [1.82, 2.24) is 9.88 Å². The molecule has 1 amide bonds. The van der Waals surface area contributed by atoms with Crippen LogP contribution in [0.5, 0.6) is 0 Å². The van der Waals surface area contributed by atoms with Gasteiger partial charge in [0.1, 0.15) is 5.01 Å². The number of aromatic nitrogens is 1. The first-order valence-corrected chi connectivity index (χ1v) is 8.56. The van der Waals surface area contributed by atoms with Crippen LogP contribution in [-0.4, -0.2) is 40.0 Å². The van der Waals surface area contributed by atoms with E-state index in [0.29, 0.717) is 28.5 Å². The third-order valence-electron chi connectivity index (χ3n) is 3.64. The predicted octanol–water partition coefficient (Wildman–Crippen LogP) is 3.80. The Bertz CT molecular complexity index is 759. The maximum absolute atomic E-state index is 12.2. The Hall–Kier alpha value is -2.47. The van der Waals surface area contributed by atoms with E-state index in [1.165, 1.54) is 11.3 Å². The summed E-state index contributed by atoms with van der Waals surface area (Å²) in [5.41, 5.74) is 1.68. The van der Waals surface area contributed by atoms with E-state index in [1.807, 2.05) is 32.1 Å². The fourth-order valence-corrected chi connectivity index (χ4v) is 3.10. The molecule has 0 atom stereocenters. The molecule has 0 radical (unpaired) electrons. The second-order valence-electron chi connectivity index (χ2n) is 5.19. The summed E-state index contributed by atoms with van der Waals surface area (Å²) in [6.45, 7) is 7.03. The first kappa shape index (κ1) is 17.9. The first-order valence-electron chi connectivity index (χ1n) is 7.74. The molecule has 2 aromatic rings. The molecule has 24 heavy (non-hydrogen) atoms. The Morgan fingerprint density at radius 2 is 1.79 bits per heavy atom. The van der Waals surface area contributed by atoms with E-state index in [0.717, 1.165) is 5.56 Å². The number of rotatable bonds is 6. The summed E-state index contributed by atoms with van der Waals surface area (Å²) in [4.78, 5) is 29.8. The van der Waals surface area contributed by atoms with Crippen LogP contribution in [0.4, 0.5) is 0 Å². The Balaban J connectivity index is 2.13. The van der Waals surface area contributed by atoms with Gasteiger partial charge in [0.2, 0.25) is 0 Å². The van der Waals surface area contributed by atoms with Crippen molar-refractivity contribution in [3.63, 3.8) is 0 Å². The number of aromatic carboxylic acids is 1. The lowest BCUT2D eigenvalue weighted by molar-refractivity contribution is 0.0689. The summed E-state index contributed by atoms with van der Waals surface area (Å²) in [6.07, 6.45) is 3.64. The van der Waals surface area contributed by atoms with Gasteiger partial charge >= 0.3 is 5.97 Å². The fourth-order valence-electron chi connectivity index (χ4n) is 2.28. The van der Waals surface area contributed by atoms with E-state index in [2.05, 4.69) is 4.98 Å². The lowest BCUT2D eigenvalue weighted by atomic mass is 10.1. The van der Waals surface area contributed by atoms with Crippen molar-refractivity contribution in [1.29, 1.82) is 0 Å². The molecule has 1 aromatic carbocycles. The van der Waals surface area contributed by atoms with Gasteiger partial charge < -0.3 is 10.0 Å². The molecule has 0 aliphatic carbocycles. The minimum Gasteiger partial charge on any atom is -0.476 e. The van der Waals surface area contributed by atoms with Crippen LogP contribution in [0.1, 0.15) is 50.1 Å². The normalized spacial score (nSPS) is 11.0. The van der Waals surface area contributed by atoms with Crippen molar-refractivity contribution in [2.45, 2.75) is 20.8 Å². The Kier molecular flexibility index (Phi) is 5.87. The number of amides is 1.